The monoisotopic (exact) mass is 427 g/mol. The Morgan fingerprint density at radius 2 is 2.11 bits per heavy atom. The highest BCUT2D eigenvalue weighted by Gasteiger charge is 2.18. The zero-order valence-electron chi connectivity index (χ0n) is 15.7. The summed E-state index contributed by atoms with van der Waals surface area (Å²) in [6.45, 7) is 0.427. The van der Waals surface area contributed by atoms with Gasteiger partial charge in [0.05, 0.1) is 12.1 Å². The van der Waals surface area contributed by atoms with Crippen molar-refractivity contribution in [2.45, 2.75) is 25.6 Å². The molecule has 0 amide bonds. The van der Waals surface area contributed by atoms with Crippen LogP contribution in [-0.4, -0.2) is 36.2 Å². The van der Waals surface area contributed by atoms with Crippen LogP contribution in [-0.2, 0) is 17.9 Å². The predicted octanol–water partition coefficient (Wildman–Crippen LogP) is 4.36. The van der Waals surface area contributed by atoms with Crippen molar-refractivity contribution in [3.63, 3.8) is 0 Å². The smallest absolute Gasteiger partial charge is 0.320 e. The summed E-state index contributed by atoms with van der Waals surface area (Å²) in [4.78, 5) is 11.4. The Labute approximate surface area is 173 Å². The van der Waals surface area contributed by atoms with Gasteiger partial charge in [0, 0.05) is 17.7 Å². The minimum absolute atomic E-state index is 0.126. The SMILES string of the molecule is COc1cccc(CNC(CCSC)C(=O)O)c1OCc1ccc(F)cc1Cl. The van der Waals surface area contributed by atoms with E-state index >= 15 is 0 Å². The summed E-state index contributed by atoms with van der Waals surface area (Å²) < 4.78 is 24.5. The second-order valence-corrected chi connectivity index (χ2v) is 7.42. The van der Waals surface area contributed by atoms with Crippen LogP contribution >= 0.6 is 23.4 Å². The minimum atomic E-state index is -0.891. The number of ether oxygens (including phenoxy) is 2. The number of para-hydroxylation sites is 1. The van der Waals surface area contributed by atoms with Gasteiger partial charge in [-0.25, -0.2) is 4.39 Å². The van der Waals surface area contributed by atoms with E-state index in [1.165, 1.54) is 19.2 Å². The standard InChI is InChI=1S/C20H23ClFNO4S/c1-26-18-5-3-4-13(11-23-17(20(24)25)8-9-28-2)19(18)27-12-14-6-7-15(22)10-16(14)21/h3-7,10,17,23H,8-9,11-12H2,1-2H3,(H,24,25). The Morgan fingerprint density at radius 1 is 1.32 bits per heavy atom. The lowest BCUT2D eigenvalue weighted by Crippen LogP contribution is -2.36. The first-order valence-corrected chi connectivity index (χ1v) is 10.4. The summed E-state index contributed by atoms with van der Waals surface area (Å²) in [6.07, 6.45) is 2.45. The van der Waals surface area contributed by atoms with E-state index < -0.39 is 17.8 Å². The zero-order chi connectivity index (χ0) is 20.5. The fourth-order valence-corrected chi connectivity index (χ4v) is 3.29. The van der Waals surface area contributed by atoms with Gasteiger partial charge in [0.2, 0.25) is 0 Å². The third kappa shape index (κ3) is 6.29. The third-order valence-corrected chi connectivity index (χ3v) is 5.11. The molecule has 0 spiro atoms. The fraction of sp³-hybridized carbons (Fsp3) is 0.350. The number of carbonyl (C=O) groups is 1. The van der Waals surface area contributed by atoms with E-state index in [4.69, 9.17) is 21.1 Å². The van der Waals surface area contributed by atoms with Gasteiger partial charge in [-0.15, -0.1) is 0 Å². The van der Waals surface area contributed by atoms with Crippen molar-refractivity contribution in [3.05, 3.63) is 58.4 Å². The van der Waals surface area contributed by atoms with Gasteiger partial charge in [0.15, 0.2) is 11.5 Å². The minimum Gasteiger partial charge on any atom is -0.493 e. The molecule has 1 atom stereocenters. The maximum absolute atomic E-state index is 13.2. The molecule has 0 heterocycles. The van der Waals surface area contributed by atoms with E-state index in [1.54, 1.807) is 23.9 Å². The van der Waals surface area contributed by atoms with Crippen LogP contribution in [0.25, 0.3) is 0 Å². The van der Waals surface area contributed by atoms with Crippen molar-refractivity contribution in [1.29, 1.82) is 0 Å². The maximum Gasteiger partial charge on any atom is 0.320 e. The number of rotatable bonds is 11. The molecular formula is C20H23ClFNO4S. The Balaban J connectivity index is 2.15. The Hall–Kier alpha value is -1.96. The first kappa shape index (κ1) is 22.3. The quantitative estimate of drug-likeness (QED) is 0.555. The molecule has 0 aliphatic heterocycles. The van der Waals surface area contributed by atoms with Crippen molar-refractivity contribution >= 4 is 29.3 Å². The Morgan fingerprint density at radius 3 is 2.75 bits per heavy atom. The van der Waals surface area contributed by atoms with Gasteiger partial charge in [0.1, 0.15) is 18.5 Å². The molecule has 0 bridgehead atoms. The summed E-state index contributed by atoms with van der Waals surface area (Å²) in [5.74, 6) is 0.452. The maximum atomic E-state index is 13.2. The summed E-state index contributed by atoms with van der Waals surface area (Å²) >= 11 is 7.66. The average Bonchev–Trinajstić information content (AvgIpc) is 2.67. The highest BCUT2D eigenvalue weighted by Crippen LogP contribution is 2.32. The van der Waals surface area contributed by atoms with Crippen molar-refractivity contribution in [2.75, 3.05) is 19.1 Å². The third-order valence-electron chi connectivity index (χ3n) is 4.12. The Bertz CT molecular complexity index is 806. The summed E-state index contributed by atoms with van der Waals surface area (Å²) in [5, 5.41) is 12.7. The van der Waals surface area contributed by atoms with E-state index in [2.05, 4.69) is 5.32 Å². The largest absolute Gasteiger partial charge is 0.493 e. The normalized spacial score (nSPS) is 11.9. The fourth-order valence-electron chi connectivity index (χ4n) is 2.60. The highest BCUT2D eigenvalue weighted by molar-refractivity contribution is 7.98. The number of carboxylic acid groups (broad SMARTS) is 1. The van der Waals surface area contributed by atoms with Gasteiger partial charge in [-0.3, -0.25) is 4.79 Å². The highest BCUT2D eigenvalue weighted by atomic mass is 35.5. The molecule has 0 saturated carbocycles. The number of aliphatic carboxylic acids is 1. The van der Waals surface area contributed by atoms with Gasteiger partial charge in [0.25, 0.3) is 0 Å². The van der Waals surface area contributed by atoms with Crippen molar-refractivity contribution in [3.8, 4) is 11.5 Å². The number of hydrogen-bond acceptors (Lipinski definition) is 5. The average molecular weight is 428 g/mol. The van der Waals surface area contributed by atoms with E-state index in [-0.39, 0.29) is 11.6 Å². The van der Waals surface area contributed by atoms with E-state index in [0.717, 1.165) is 11.3 Å². The van der Waals surface area contributed by atoms with Crippen LogP contribution in [0.3, 0.4) is 0 Å². The topological polar surface area (TPSA) is 67.8 Å². The van der Waals surface area contributed by atoms with Crippen LogP contribution in [0.4, 0.5) is 4.39 Å². The molecule has 5 nitrogen and oxygen atoms in total. The number of hydrogen-bond donors (Lipinski definition) is 2. The number of methoxy groups -OCH3 is 1. The Kier molecular flexibility index (Phi) is 8.89. The number of nitrogens with one attached hydrogen (secondary N) is 1. The summed E-state index contributed by atoms with van der Waals surface area (Å²) in [7, 11) is 1.53. The molecular weight excluding hydrogens is 405 g/mol. The van der Waals surface area contributed by atoms with Crippen molar-refractivity contribution in [1.82, 2.24) is 5.32 Å². The summed E-state index contributed by atoms with van der Waals surface area (Å²) in [5.41, 5.74) is 1.39. The van der Waals surface area contributed by atoms with E-state index in [0.29, 0.717) is 30.0 Å². The van der Waals surface area contributed by atoms with Crippen LogP contribution in [0.2, 0.25) is 5.02 Å². The predicted molar refractivity (Wildman–Crippen MR) is 110 cm³/mol. The number of carboxylic acids is 1. The lowest BCUT2D eigenvalue weighted by molar-refractivity contribution is -0.139. The second-order valence-electron chi connectivity index (χ2n) is 6.03. The molecule has 2 rings (SSSR count). The first-order chi connectivity index (χ1) is 13.5. The van der Waals surface area contributed by atoms with Crippen LogP contribution in [0.1, 0.15) is 17.5 Å². The van der Waals surface area contributed by atoms with Gasteiger partial charge in [-0.2, -0.15) is 11.8 Å². The molecule has 8 heteroatoms. The van der Waals surface area contributed by atoms with Crippen LogP contribution in [0, 0.1) is 5.82 Å². The van der Waals surface area contributed by atoms with Crippen LogP contribution in [0.5, 0.6) is 11.5 Å². The first-order valence-electron chi connectivity index (χ1n) is 8.64. The van der Waals surface area contributed by atoms with E-state index in [9.17, 15) is 14.3 Å². The second kappa shape index (κ2) is 11.1. The van der Waals surface area contributed by atoms with Gasteiger partial charge in [-0.1, -0.05) is 29.8 Å². The van der Waals surface area contributed by atoms with Crippen molar-refractivity contribution < 1.29 is 23.8 Å². The molecule has 0 saturated heterocycles. The molecule has 0 fully saturated rings. The number of thioether (sulfide) groups is 1. The summed E-state index contributed by atoms with van der Waals surface area (Å²) in [6, 6.07) is 8.86. The molecule has 2 aromatic carbocycles. The molecule has 2 N–H and O–H groups in total. The molecule has 0 aliphatic carbocycles. The van der Waals surface area contributed by atoms with Crippen LogP contribution < -0.4 is 14.8 Å². The number of benzene rings is 2. The molecule has 0 aliphatic rings. The van der Waals surface area contributed by atoms with Crippen LogP contribution in [0.15, 0.2) is 36.4 Å². The van der Waals surface area contributed by atoms with Gasteiger partial charge in [-0.05, 0) is 36.6 Å². The molecule has 1 unspecified atom stereocenters. The van der Waals surface area contributed by atoms with Gasteiger partial charge >= 0.3 is 5.97 Å². The molecule has 0 aromatic heterocycles. The zero-order valence-corrected chi connectivity index (χ0v) is 17.3. The lowest BCUT2D eigenvalue weighted by Gasteiger charge is -2.18. The van der Waals surface area contributed by atoms with Gasteiger partial charge < -0.3 is 19.9 Å². The molecule has 0 radical (unpaired) electrons. The molecule has 2 aromatic rings. The van der Waals surface area contributed by atoms with E-state index in [1.807, 2.05) is 18.4 Å². The molecule has 28 heavy (non-hydrogen) atoms. The number of halogens is 2. The lowest BCUT2D eigenvalue weighted by atomic mass is 10.1. The molecule has 152 valence electrons. The van der Waals surface area contributed by atoms with Crippen molar-refractivity contribution in [2.24, 2.45) is 0 Å².